The second-order valence-corrected chi connectivity index (χ2v) is 5.44. The maximum absolute atomic E-state index is 11.5. The van der Waals surface area contributed by atoms with E-state index in [1.54, 1.807) is 25.0 Å². The van der Waals surface area contributed by atoms with Gasteiger partial charge in [0.2, 0.25) is 0 Å². The van der Waals surface area contributed by atoms with Gasteiger partial charge < -0.3 is 9.55 Å². The van der Waals surface area contributed by atoms with E-state index in [9.17, 15) is 19.2 Å². The number of nitrogens with zero attached hydrogens (tertiary/aromatic N) is 5. The smallest absolute Gasteiger partial charge is 0.329 e. The van der Waals surface area contributed by atoms with Gasteiger partial charge in [-0.1, -0.05) is 0 Å². The number of aromatic amines is 3. The number of aromatic nitrogens is 8. The van der Waals surface area contributed by atoms with Crippen molar-refractivity contribution in [3.8, 4) is 0 Å². The first-order valence-corrected chi connectivity index (χ1v) is 7.61. The van der Waals surface area contributed by atoms with Crippen molar-refractivity contribution in [1.29, 1.82) is 0 Å². The lowest BCUT2D eigenvalue weighted by Gasteiger charge is -1.99. The predicted octanol–water partition coefficient (Wildman–Crippen LogP) is -1.61. The third-order valence-electron chi connectivity index (χ3n) is 3.91. The van der Waals surface area contributed by atoms with Crippen LogP contribution in [0.3, 0.4) is 0 Å². The molecular weight excluding hydrogens is 344 g/mol. The Hall–Kier alpha value is -3.70. The maximum atomic E-state index is 11.5. The molecule has 0 aliphatic carbocycles. The fraction of sp³-hybridized carbons (Fsp3) is 0.286. The van der Waals surface area contributed by atoms with Gasteiger partial charge in [-0.3, -0.25) is 28.7 Å². The summed E-state index contributed by atoms with van der Waals surface area (Å²) >= 11 is 0. The summed E-state index contributed by atoms with van der Waals surface area (Å²) in [6.07, 6.45) is 2.93. The fourth-order valence-corrected chi connectivity index (χ4v) is 2.47. The molecule has 0 fully saturated rings. The number of hydrogen-bond donors (Lipinski definition) is 3. The fourth-order valence-electron chi connectivity index (χ4n) is 2.47. The van der Waals surface area contributed by atoms with E-state index in [2.05, 4.69) is 24.9 Å². The molecule has 0 radical (unpaired) electrons. The molecule has 12 heteroatoms. The second kappa shape index (κ2) is 6.31. The van der Waals surface area contributed by atoms with Gasteiger partial charge in [0.05, 0.1) is 12.7 Å². The normalized spacial score (nSPS) is 10.9. The van der Waals surface area contributed by atoms with Crippen LogP contribution in [0.15, 0.2) is 31.8 Å². The number of nitrogens with one attached hydrogen (secondary N) is 3. The van der Waals surface area contributed by atoms with Crippen LogP contribution in [0.1, 0.15) is 6.92 Å². The van der Waals surface area contributed by atoms with E-state index in [-0.39, 0.29) is 5.56 Å². The minimum Gasteiger partial charge on any atom is -0.339 e. The van der Waals surface area contributed by atoms with Gasteiger partial charge in [0.25, 0.3) is 11.1 Å². The summed E-state index contributed by atoms with van der Waals surface area (Å²) in [7, 11) is 3.12. The molecule has 12 nitrogen and oxygen atoms in total. The molecule has 4 aromatic rings. The van der Waals surface area contributed by atoms with Gasteiger partial charge in [0.1, 0.15) is 5.52 Å². The largest absolute Gasteiger partial charge is 0.339 e. The van der Waals surface area contributed by atoms with Crippen LogP contribution in [0.25, 0.3) is 22.3 Å². The molecule has 4 aromatic heterocycles. The van der Waals surface area contributed by atoms with Gasteiger partial charge in [-0.2, -0.15) is 0 Å². The molecule has 0 spiro atoms. The van der Waals surface area contributed by atoms with Crippen molar-refractivity contribution in [3.05, 3.63) is 54.3 Å². The average molecular weight is 360 g/mol. The molecule has 4 heterocycles. The lowest BCUT2D eigenvalue weighted by atomic mass is 10.5. The van der Waals surface area contributed by atoms with Gasteiger partial charge in [0.15, 0.2) is 16.8 Å². The number of imidazole rings is 2. The van der Waals surface area contributed by atoms with E-state index in [1.807, 2.05) is 6.92 Å². The Bertz CT molecular complexity index is 1330. The van der Waals surface area contributed by atoms with Crippen LogP contribution in [0.4, 0.5) is 0 Å². The monoisotopic (exact) mass is 360 g/mol. The molecule has 26 heavy (non-hydrogen) atoms. The summed E-state index contributed by atoms with van der Waals surface area (Å²) in [5, 5.41) is 0. The first-order chi connectivity index (χ1) is 12.3. The number of aryl methyl sites for hydroxylation is 3. The van der Waals surface area contributed by atoms with E-state index >= 15 is 0 Å². The van der Waals surface area contributed by atoms with Crippen molar-refractivity contribution in [3.63, 3.8) is 0 Å². The number of fused-ring (bicyclic) bond motifs is 2. The molecule has 0 bridgehead atoms. The molecule has 0 unspecified atom stereocenters. The Kier molecular flexibility index (Phi) is 4.16. The minimum absolute atomic E-state index is 0.317. The quantitative estimate of drug-likeness (QED) is 0.371. The summed E-state index contributed by atoms with van der Waals surface area (Å²) < 4.78 is 4.30. The van der Waals surface area contributed by atoms with Crippen molar-refractivity contribution in [2.75, 3.05) is 0 Å². The SMILES string of the molecule is CCn1cnc2c1c(=O)[nH]c(=O)n2C.Cn1c(=O)[nH]c(=O)c2[nH]cnc21. The van der Waals surface area contributed by atoms with Crippen LogP contribution in [-0.2, 0) is 20.6 Å². The topological polar surface area (TPSA) is 156 Å². The Morgan fingerprint density at radius 3 is 2.19 bits per heavy atom. The highest BCUT2D eigenvalue weighted by molar-refractivity contribution is 5.69. The van der Waals surface area contributed by atoms with Crippen molar-refractivity contribution in [1.82, 2.24) is 38.6 Å². The second-order valence-electron chi connectivity index (χ2n) is 5.44. The van der Waals surface area contributed by atoms with Gasteiger partial charge in [0, 0.05) is 20.6 Å². The third kappa shape index (κ3) is 2.66. The highest BCUT2D eigenvalue weighted by Gasteiger charge is 2.09. The van der Waals surface area contributed by atoms with Gasteiger partial charge >= 0.3 is 11.4 Å². The first kappa shape index (κ1) is 17.1. The van der Waals surface area contributed by atoms with E-state index < -0.39 is 16.9 Å². The zero-order valence-corrected chi connectivity index (χ0v) is 14.2. The molecule has 0 aromatic carbocycles. The summed E-state index contributed by atoms with van der Waals surface area (Å²) in [6, 6.07) is 0. The van der Waals surface area contributed by atoms with Crippen LogP contribution in [0, 0.1) is 0 Å². The van der Waals surface area contributed by atoms with Gasteiger partial charge in [-0.25, -0.2) is 19.6 Å². The Balaban J connectivity index is 0.000000152. The number of H-pyrrole nitrogens is 3. The zero-order chi connectivity index (χ0) is 19.0. The summed E-state index contributed by atoms with van der Waals surface area (Å²) in [5.41, 5.74) is -0.187. The molecule has 136 valence electrons. The Morgan fingerprint density at radius 1 is 0.923 bits per heavy atom. The molecule has 0 amide bonds. The average Bonchev–Trinajstić information content (AvgIpc) is 3.25. The van der Waals surface area contributed by atoms with Crippen molar-refractivity contribution in [2.45, 2.75) is 13.5 Å². The molecule has 3 N–H and O–H groups in total. The molecule has 0 saturated carbocycles. The van der Waals surface area contributed by atoms with Crippen molar-refractivity contribution < 1.29 is 0 Å². The maximum Gasteiger partial charge on any atom is 0.329 e. The highest BCUT2D eigenvalue weighted by atomic mass is 16.2. The van der Waals surface area contributed by atoms with E-state index in [0.717, 1.165) is 0 Å². The molecule has 0 saturated heterocycles. The van der Waals surface area contributed by atoms with Crippen LogP contribution in [-0.4, -0.2) is 38.6 Å². The van der Waals surface area contributed by atoms with E-state index in [4.69, 9.17) is 0 Å². The van der Waals surface area contributed by atoms with Gasteiger partial charge in [-0.15, -0.1) is 0 Å². The summed E-state index contributed by atoms with van der Waals surface area (Å²) in [4.78, 5) is 59.6. The van der Waals surface area contributed by atoms with E-state index in [0.29, 0.717) is 28.9 Å². The van der Waals surface area contributed by atoms with Crippen molar-refractivity contribution >= 4 is 22.3 Å². The molecule has 0 aliphatic heterocycles. The van der Waals surface area contributed by atoms with Crippen LogP contribution in [0.5, 0.6) is 0 Å². The summed E-state index contributed by atoms with van der Waals surface area (Å²) in [5.74, 6) is 0. The van der Waals surface area contributed by atoms with Crippen LogP contribution in [0.2, 0.25) is 0 Å². The molecule has 4 rings (SSSR count). The minimum atomic E-state index is -0.459. The highest BCUT2D eigenvalue weighted by Crippen LogP contribution is 2.03. The van der Waals surface area contributed by atoms with Crippen LogP contribution < -0.4 is 22.5 Å². The standard InChI is InChI=1S/C8H10N4O2.C6H6N4O2/c1-3-12-4-9-6-5(12)7(13)10-8(14)11(6)2;1-10-4-3(7-2-8-4)5(11)9-6(10)12/h4H,3H2,1-2H3,(H,10,13,14);2H,1H3,(H,7,8)(H,9,11,12). The lowest BCUT2D eigenvalue weighted by molar-refractivity contribution is 0.777. The molecule has 0 atom stereocenters. The first-order valence-electron chi connectivity index (χ1n) is 7.61. The third-order valence-corrected chi connectivity index (χ3v) is 3.91. The lowest BCUT2D eigenvalue weighted by Crippen LogP contribution is -2.29. The summed E-state index contributed by atoms with van der Waals surface area (Å²) in [6.45, 7) is 2.56. The number of hydrogen-bond acceptors (Lipinski definition) is 6. The Morgan fingerprint density at radius 2 is 1.54 bits per heavy atom. The zero-order valence-electron chi connectivity index (χ0n) is 14.2. The predicted molar refractivity (Wildman–Crippen MR) is 93.2 cm³/mol. The number of rotatable bonds is 1. The van der Waals surface area contributed by atoms with Gasteiger partial charge in [-0.05, 0) is 6.92 Å². The van der Waals surface area contributed by atoms with Crippen LogP contribution >= 0.6 is 0 Å². The van der Waals surface area contributed by atoms with Crippen molar-refractivity contribution in [2.24, 2.45) is 14.1 Å². The molecular formula is C14H16N8O4. The Labute approximate surface area is 143 Å². The molecule has 0 aliphatic rings. The van der Waals surface area contributed by atoms with E-state index in [1.165, 1.54) is 15.5 Å².